The second-order valence-electron chi connectivity index (χ2n) is 6.91. The molecule has 7 heteroatoms. The molecule has 0 aliphatic rings. The van der Waals surface area contributed by atoms with E-state index < -0.39 is 5.82 Å². The van der Waals surface area contributed by atoms with Gasteiger partial charge in [-0.2, -0.15) is 0 Å². The smallest absolute Gasteiger partial charge is 0.251 e. The van der Waals surface area contributed by atoms with Crippen molar-refractivity contribution < 1.29 is 23.1 Å². The van der Waals surface area contributed by atoms with Crippen LogP contribution in [0, 0.1) is 5.82 Å². The van der Waals surface area contributed by atoms with Crippen molar-refractivity contribution >= 4 is 22.8 Å². The van der Waals surface area contributed by atoms with E-state index in [0.29, 0.717) is 42.2 Å². The molecule has 1 unspecified atom stereocenters. The monoisotopic (exact) mass is 412 g/mol. The van der Waals surface area contributed by atoms with Crippen LogP contribution in [0.15, 0.2) is 52.9 Å². The highest BCUT2D eigenvalue weighted by molar-refractivity contribution is 5.94. The number of halogens is 1. The Labute approximate surface area is 174 Å². The van der Waals surface area contributed by atoms with Gasteiger partial charge in [0.25, 0.3) is 5.91 Å². The van der Waals surface area contributed by atoms with Gasteiger partial charge < -0.3 is 19.8 Å². The highest BCUT2D eigenvalue weighted by atomic mass is 19.1. The standard InChI is InChI=1S/C23H25FN2O4/c1-3-29-19-7-4-6-17-14-20(30-22(17)19)15(2)26-21(27)8-5-13-25-23(28)16-9-11-18(24)12-10-16/h4,6-7,9-12,14-15H,3,5,8,13H2,1-2H3,(H,25,28)(H,26,27). The summed E-state index contributed by atoms with van der Waals surface area (Å²) < 4.78 is 24.4. The summed E-state index contributed by atoms with van der Waals surface area (Å²) in [6, 6.07) is 12.6. The zero-order valence-corrected chi connectivity index (χ0v) is 17.0. The van der Waals surface area contributed by atoms with Crippen LogP contribution in [0.2, 0.25) is 0 Å². The molecule has 0 bridgehead atoms. The zero-order chi connectivity index (χ0) is 21.5. The molecule has 0 saturated carbocycles. The summed E-state index contributed by atoms with van der Waals surface area (Å²) in [4.78, 5) is 24.2. The van der Waals surface area contributed by atoms with E-state index in [4.69, 9.17) is 9.15 Å². The molecule has 2 aromatic carbocycles. The van der Waals surface area contributed by atoms with Crippen molar-refractivity contribution in [3.05, 3.63) is 65.7 Å². The van der Waals surface area contributed by atoms with Gasteiger partial charge >= 0.3 is 0 Å². The number of carbonyl (C=O) groups is 2. The molecule has 0 aliphatic carbocycles. The van der Waals surface area contributed by atoms with Crippen LogP contribution in [-0.2, 0) is 4.79 Å². The normalized spacial score (nSPS) is 11.8. The van der Waals surface area contributed by atoms with Gasteiger partial charge in [-0.1, -0.05) is 12.1 Å². The van der Waals surface area contributed by atoms with Gasteiger partial charge in [0.15, 0.2) is 11.3 Å². The fraction of sp³-hybridized carbons (Fsp3) is 0.304. The van der Waals surface area contributed by atoms with Crippen LogP contribution in [0.4, 0.5) is 4.39 Å². The van der Waals surface area contributed by atoms with Gasteiger partial charge in [0, 0.05) is 23.9 Å². The van der Waals surface area contributed by atoms with Crippen LogP contribution < -0.4 is 15.4 Å². The Balaban J connectivity index is 1.46. The van der Waals surface area contributed by atoms with E-state index in [1.165, 1.54) is 24.3 Å². The minimum atomic E-state index is -0.393. The highest BCUT2D eigenvalue weighted by Crippen LogP contribution is 2.31. The molecule has 6 nitrogen and oxygen atoms in total. The topological polar surface area (TPSA) is 80.6 Å². The van der Waals surface area contributed by atoms with Gasteiger partial charge in [-0.3, -0.25) is 9.59 Å². The first kappa shape index (κ1) is 21.4. The molecule has 1 heterocycles. The van der Waals surface area contributed by atoms with Crippen molar-refractivity contribution in [3.63, 3.8) is 0 Å². The summed E-state index contributed by atoms with van der Waals surface area (Å²) in [5, 5.41) is 6.54. The van der Waals surface area contributed by atoms with Crippen LogP contribution >= 0.6 is 0 Å². The number of furan rings is 1. The molecular weight excluding hydrogens is 387 g/mol. The number of amides is 2. The Kier molecular flexibility index (Phi) is 7.06. The lowest BCUT2D eigenvalue weighted by atomic mass is 10.2. The largest absolute Gasteiger partial charge is 0.490 e. The summed E-state index contributed by atoms with van der Waals surface area (Å²) in [6.45, 7) is 4.65. The number of para-hydroxylation sites is 1. The lowest BCUT2D eigenvalue weighted by molar-refractivity contribution is -0.121. The van der Waals surface area contributed by atoms with E-state index in [-0.39, 0.29) is 24.3 Å². The summed E-state index contributed by atoms with van der Waals surface area (Å²) >= 11 is 0. The first-order valence-electron chi connectivity index (χ1n) is 9.96. The average molecular weight is 412 g/mol. The molecule has 0 radical (unpaired) electrons. The van der Waals surface area contributed by atoms with Crippen molar-refractivity contribution in [2.45, 2.75) is 32.7 Å². The minimum absolute atomic E-state index is 0.135. The molecule has 30 heavy (non-hydrogen) atoms. The fourth-order valence-electron chi connectivity index (χ4n) is 3.08. The second kappa shape index (κ2) is 9.91. The molecule has 3 aromatic rings. The second-order valence-corrected chi connectivity index (χ2v) is 6.91. The Morgan fingerprint density at radius 3 is 2.67 bits per heavy atom. The van der Waals surface area contributed by atoms with Crippen molar-refractivity contribution in [2.24, 2.45) is 0 Å². The Hall–Kier alpha value is -3.35. The van der Waals surface area contributed by atoms with E-state index in [1.807, 2.05) is 38.1 Å². The highest BCUT2D eigenvalue weighted by Gasteiger charge is 2.16. The summed E-state index contributed by atoms with van der Waals surface area (Å²) in [5.41, 5.74) is 1.05. The molecule has 0 spiro atoms. The molecule has 3 rings (SSSR count). The van der Waals surface area contributed by atoms with E-state index in [0.717, 1.165) is 5.39 Å². The molecular formula is C23H25FN2O4. The van der Waals surface area contributed by atoms with Gasteiger partial charge in [0.2, 0.25) is 5.91 Å². The maximum Gasteiger partial charge on any atom is 0.251 e. The minimum Gasteiger partial charge on any atom is -0.490 e. The summed E-state index contributed by atoms with van der Waals surface area (Å²) in [7, 11) is 0. The Morgan fingerprint density at radius 2 is 1.93 bits per heavy atom. The lowest BCUT2D eigenvalue weighted by Crippen LogP contribution is -2.28. The SMILES string of the molecule is CCOc1cccc2cc(C(C)NC(=O)CCCNC(=O)c3ccc(F)cc3)oc12. The predicted octanol–water partition coefficient (Wildman–Crippen LogP) is 4.36. The fourth-order valence-corrected chi connectivity index (χ4v) is 3.08. The van der Waals surface area contributed by atoms with Gasteiger partial charge in [0.1, 0.15) is 11.6 Å². The molecule has 0 saturated heterocycles. The summed E-state index contributed by atoms with van der Waals surface area (Å²) in [5.74, 6) is 0.503. The molecule has 2 N–H and O–H groups in total. The van der Waals surface area contributed by atoms with Gasteiger partial charge in [-0.15, -0.1) is 0 Å². The predicted molar refractivity (Wildman–Crippen MR) is 112 cm³/mol. The maximum atomic E-state index is 12.9. The van der Waals surface area contributed by atoms with E-state index in [9.17, 15) is 14.0 Å². The van der Waals surface area contributed by atoms with Gasteiger partial charge in [-0.25, -0.2) is 4.39 Å². The number of rotatable bonds is 9. The number of hydrogen-bond acceptors (Lipinski definition) is 4. The molecule has 0 fully saturated rings. The maximum absolute atomic E-state index is 12.9. The van der Waals surface area contributed by atoms with Crippen molar-refractivity contribution in [1.82, 2.24) is 10.6 Å². The van der Waals surface area contributed by atoms with Crippen molar-refractivity contribution in [3.8, 4) is 5.75 Å². The third-order valence-corrected chi connectivity index (χ3v) is 4.60. The quantitative estimate of drug-likeness (QED) is 0.512. The van der Waals surface area contributed by atoms with E-state index >= 15 is 0 Å². The Morgan fingerprint density at radius 1 is 1.17 bits per heavy atom. The van der Waals surface area contributed by atoms with Crippen LogP contribution in [-0.4, -0.2) is 25.0 Å². The number of hydrogen-bond donors (Lipinski definition) is 2. The van der Waals surface area contributed by atoms with Crippen LogP contribution in [0.25, 0.3) is 11.0 Å². The molecule has 158 valence electrons. The van der Waals surface area contributed by atoms with Gasteiger partial charge in [-0.05, 0) is 56.7 Å². The average Bonchev–Trinajstić information content (AvgIpc) is 3.17. The van der Waals surface area contributed by atoms with E-state index in [2.05, 4.69) is 10.6 Å². The number of carbonyl (C=O) groups excluding carboxylic acids is 2. The molecule has 2 amide bonds. The zero-order valence-electron chi connectivity index (χ0n) is 17.0. The third kappa shape index (κ3) is 5.37. The number of ether oxygens (including phenoxy) is 1. The third-order valence-electron chi connectivity index (χ3n) is 4.60. The first-order chi connectivity index (χ1) is 14.5. The number of benzene rings is 2. The van der Waals surface area contributed by atoms with Crippen LogP contribution in [0.3, 0.4) is 0 Å². The van der Waals surface area contributed by atoms with Crippen LogP contribution in [0.5, 0.6) is 5.75 Å². The van der Waals surface area contributed by atoms with Crippen LogP contribution in [0.1, 0.15) is 48.8 Å². The van der Waals surface area contributed by atoms with Crippen molar-refractivity contribution in [1.29, 1.82) is 0 Å². The molecule has 0 aliphatic heterocycles. The van der Waals surface area contributed by atoms with Crippen molar-refractivity contribution in [2.75, 3.05) is 13.2 Å². The number of fused-ring (bicyclic) bond motifs is 1. The Bertz CT molecular complexity index is 1010. The summed E-state index contributed by atoms with van der Waals surface area (Å²) in [6.07, 6.45) is 0.749. The lowest BCUT2D eigenvalue weighted by Gasteiger charge is -2.11. The molecule has 1 aromatic heterocycles. The molecule has 1 atom stereocenters. The first-order valence-corrected chi connectivity index (χ1v) is 9.96. The van der Waals surface area contributed by atoms with E-state index in [1.54, 1.807) is 0 Å². The van der Waals surface area contributed by atoms with Gasteiger partial charge in [0.05, 0.1) is 12.6 Å². The number of nitrogens with one attached hydrogen (secondary N) is 2.